The molecule has 0 unspecified atom stereocenters. The average molecular weight is 1170 g/mol. The third kappa shape index (κ3) is 8.14. The molecule has 0 fully saturated rings. The smallest absolute Gasteiger partial charge is 0.442 e. The van der Waals surface area contributed by atoms with E-state index in [1.807, 2.05) is 0 Å². The number of nitrogens with zero attached hydrogens (tertiary/aromatic N) is 4. The molecule has 0 saturated heterocycles. The maximum absolute atomic E-state index is 15.4. The van der Waals surface area contributed by atoms with Gasteiger partial charge in [-0.15, -0.1) is 0 Å². The largest absolute Gasteiger partial charge is 0.457 e. The van der Waals surface area contributed by atoms with Crippen LogP contribution in [-0.2, 0) is 26.1 Å². The van der Waals surface area contributed by atoms with Gasteiger partial charge in [-0.05, 0) is 115 Å². The van der Waals surface area contributed by atoms with Gasteiger partial charge in [-0.2, -0.15) is 79.0 Å². The number of amides is 4. The monoisotopic (exact) mass is 1170 g/mol. The van der Waals surface area contributed by atoms with Gasteiger partial charge in [0.15, 0.2) is 5.90 Å². The number of aryl methyl sites for hydroxylation is 1. The molecule has 0 saturated carbocycles. The number of anilines is 2. The van der Waals surface area contributed by atoms with Crippen LogP contribution in [0.2, 0.25) is 0 Å². The van der Waals surface area contributed by atoms with Gasteiger partial charge in [-0.1, -0.05) is 29.8 Å². The van der Waals surface area contributed by atoms with Gasteiger partial charge >= 0.3 is 48.3 Å². The number of carbonyl (C=O) groups is 4. The van der Waals surface area contributed by atoms with Crippen molar-refractivity contribution >= 4 is 58.2 Å². The van der Waals surface area contributed by atoms with Crippen molar-refractivity contribution in [3.05, 3.63) is 177 Å². The van der Waals surface area contributed by atoms with Crippen molar-refractivity contribution < 1.29 is 112 Å². The fourth-order valence-corrected chi connectivity index (χ4v) is 9.99. The topological polar surface area (TPSA) is 127 Å². The Bertz CT molecular complexity index is 3740. The molecule has 29 heteroatoms. The first-order valence-corrected chi connectivity index (χ1v) is 23.0. The van der Waals surface area contributed by atoms with Crippen LogP contribution in [-0.4, -0.2) is 72.5 Å². The zero-order valence-electron chi connectivity index (χ0n) is 40.5. The van der Waals surface area contributed by atoms with Crippen molar-refractivity contribution in [3.8, 4) is 11.5 Å². The molecule has 4 aliphatic rings. The molecule has 6 aromatic rings. The lowest BCUT2D eigenvalue weighted by atomic mass is 9.71. The fraction of sp³-hybridized carbons (Fsp3) is 0.208. The van der Waals surface area contributed by atoms with Crippen LogP contribution in [0.3, 0.4) is 0 Å². The van der Waals surface area contributed by atoms with E-state index in [1.54, 1.807) is 6.92 Å². The second-order valence-corrected chi connectivity index (χ2v) is 18.6. The highest BCUT2D eigenvalue weighted by molar-refractivity contribution is 6.35. The third-order valence-electron chi connectivity index (χ3n) is 13.7. The molecule has 0 N–H and O–H groups in total. The van der Waals surface area contributed by atoms with Gasteiger partial charge in [0.05, 0.1) is 45.0 Å². The second-order valence-electron chi connectivity index (χ2n) is 18.6. The lowest BCUT2D eigenvalue weighted by Gasteiger charge is -2.40. The lowest BCUT2D eigenvalue weighted by Crippen LogP contribution is -2.57. The Balaban J connectivity index is 0.981. The van der Waals surface area contributed by atoms with Crippen LogP contribution < -0.4 is 14.5 Å². The summed E-state index contributed by atoms with van der Waals surface area (Å²) in [7, 11) is 0. The van der Waals surface area contributed by atoms with Crippen molar-refractivity contribution in [2.45, 2.75) is 67.5 Å². The van der Waals surface area contributed by atoms with Gasteiger partial charge in [0.25, 0.3) is 23.6 Å². The molecule has 0 spiro atoms. The molecule has 82 heavy (non-hydrogen) atoms. The van der Waals surface area contributed by atoms with Gasteiger partial charge in [0, 0.05) is 23.6 Å². The van der Waals surface area contributed by atoms with E-state index in [-0.39, 0.29) is 40.9 Å². The zero-order chi connectivity index (χ0) is 60.0. The number of fused-ring (bicyclic) bond motifs is 4. The molecule has 10 rings (SSSR count). The first kappa shape index (κ1) is 56.4. The molecule has 11 nitrogen and oxygen atoms in total. The minimum Gasteiger partial charge on any atom is -0.457 e. The fourth-order valence-electron chi connectivity index (χ4n) is 9.99. The Kier molecular flexibility index (Phi) is 12.4. The van der Waals surface area contributed by atoms with Gasteiger partial charge in [-0.25, -0.2) is 19.8 Å². The molecule has 0 bridgehead atoms. The minimum absolute atomic E-state index is 0.0504. The molecule has 4 heterocycles. The molecule has 4 aliphatic heterocycles. The van der Waals surface area contributed by atoms with E-state index in [9.17, 15) is 45.5 Å². The molecule has 6 aromatic carbocycles. The van der Waals surface area contributed by atoms with E-state index < -0.39 is 168 Å². The van der Waals surface area contributed by atoms with Crippen LogP contribution in [0.1, 0.15) is 81.7 Å². The molecule has 0 atom stereocenters. The lowest BCUT2D eigenvalue weighted by molar-refractivity contribution is -0.371. The number of rotatable bonds is 7. The van der Waals surface area contributed by atoms with Gasteiger partial charge in [0.2, 0.25) is 11.3 Å². The normalized spacial score (nSPS) is 17.1. The number of alkyl halides is 18. The predicted molar refractivity (Wildman–Crippen MR) is 247 cm³/mol. The van der Waals surface area contributed by atoms with Crippen molar-refractivity contribution in [2.24, 2.45) is 9.98 Å². The summed E-state index contributed by atoms with van der Waals surface area (Å²) in [4.78, 5) is 62.5. The van der Waals surface area contributed by atoms with Crippen LogP contribution in [0, 0.1) is 6.92 Å². The molecule has 0 aliphatic carbocycles. The van der Waals surface area contributed by atoms with E-state index >= 15 is 52.7 Å². The molecule has 0 aromatic heterocycles. The summed E-state index contributed by atoms with van der Waals surface area (Å²) < 4.78 is 283. The number of hydrogen-bond donors (Lipinski definition) is 0. The summed E-state index contributed by atoms with van der Waals surface area (Å²) in [6.07, 6.45) is -38.1. The Morgan fingerprint density at radius 2 is 0.805 bits per heavy atom. The average Bonchev–Trinajstić information content (AvgIpc) is 1.14. The molecule has 426 valence electrons. The number of aliphatic imine (C=N–C) groups is 2. The summed E-state index contributed by atoms with van der Waals surface area (Å²) in [6, 6.07) is 12.9. The highest BCUT2D eigenvalue weighted by atomic mass is 19.4. The third-order valence-corrected chi connectivity index (χ3v) is 13.7. The van der Waals surface area contributed by atoms with Crippen LogP contribution >= 0.6 is 0 Å². The SMILES string of the molecule is CC1=Nc2ccc(Oc3ccc4c(c3)C(C(F)(F)F)(C(F)(F)F)OC(c3ccc(N5C(=O)c6ccc(C(c7ccc8c(c7)C(=O)N(c7ccc(C)cc7)C8=O)(C(F)(F)F)C(F)(F)F)cc6C5=O)cc3)=N4)cc2C(C(F)(F)F)(C(F)(F)F)O1. The minimum atomic E-state index is -6.49. The van der Waals surface area contributed by atoms with E-state index in [4.69, 9.17) is 4.74 Å². The van der Waals surface area contributed by atoms with Crippen LogP contribution in [0.4, 0.5) is 102 Å². The van der Waals surface area contributed by atoms with Gasteiger partial charge in [0.1, 0.15) is 11.5 Å². The molecular formula is C53H26F18N4O7. The Labute approximate surface area is 445 Å². The van der Waals surface area contributed by atoms with E-state index in [0.29, 0.717) is 84.1 Å². The first-order valence-electron chi connectivity index (χ1n) is 23.0. The first-order chi connectivity index (χ1) is 37.9. The van der Waals surface area contributed by atoms with Crippen molar-refractivity contribution in [1.82, 2.24) is 0 Å². The molecular weight excluding hydrogens is 1150 g/mol. The van der Waals surface area contributed by atoms with Crippen molar-refractivity contribution in [2.75, 3.05) is 9.80 Å². The van der Waals surface area contributed by atoms with Gasteiger partial charge < -0.3 is 14.2 Å². The number of halogens is 18. The van der Waals surface area contributed by atoms with Gasteiger partial charge in [-0.3, -0.25) is 19.2 Å². The predicted octanol–water partition coefficient (Wildman–Crippen LogP) is 14.6. The Morgan fingerprint density at radius 1 is 0.427 bits per heavy atom. The Hall–Kier alpha value is -8.92. The van der Waals surface area contributed by atoms with E-state index in [2.05, 4.69) is 19.5 Å². The number of carbonyl (C=O) groups excluding carboxylic acids is 4. The number of benzene rings is 6. The second kappa shape index (κ2) is 18.0. The van der Waals surface area contributed by atoms with Crippen molar-refractivity contribution in [1.29, 1.82) is 0 Å². The van der Waals surface area contributed by atoms with E-state index in [1.165, 1.54) is 24.3 Å². The number of imide groups is 2. The zero-order valence-corrected chi connectivity index (χ0v) is 40.5. The Morgan fingerprint density at radius 3 is 1.21 bits per heavy atom. The van der Waals surface area contributed by atoms with E-state index in [0.717, 1.165) is 0 Å². The maximum Gasteiger partial charge on any atom is 0.442 e. The van der Waals surface area contributed by atoms with Crippen LogP contribution in [0.15, 0.2) is 131 Å². The summed E-state index contributed by atoms with van der Waals surface area (Å²) in [6.45, 7) is 2.34. The molecule has 4 amide bonds. The quantitative estimate of drug-likeness (QED) is 0.115. The van der Waals surface area contributed by atoms with Crippen LogP contribution in [0.25, 0.3) is 0 Å². The summed E-state index contributed by atoms with van der Waals surface area (Å²) >= 11 is 0. The highest BCUT2D eigenvalue weighted by Crippen LogP contribution is 2.61. The number of ether oxygens (including phenoxy) is 3. The standard InChI is InChI=1S/C53H26F18N4O7/c1-23-3-9-28(10-4-23)74-41(76)32-15-7-26(19-34(32)43(74)78)45(48(54,55)56,49(57,58)59)27-8-16-33-35(20-27)44(79)75(42(33)77)29-11-5-25(6-12-29)40-73-39-18-14-31(22-37(39)47(82-40,52(66,67)68)53(69,70)71)80-30-13-17-38-36(21-30)46(50(60,61)62,51(63,64)65)81-24(2)72-38/h3-22H,1-2H3. The maximum atomic E-state index is 15.4. The summed E-state index contributed by atoms with van der Waals surface area (Å²) in [5, 5.41) is 0. The van der Waals surface area contributed by atoms with Crippen molar-refractivity contribution in [3.63, 3.8) is 0 Å². The number of hydrogen-bond acceptors (Lipinski definition) is 9. The highest BCUT2D eigenvalue weighted by Gasteiger charge is 2.78. The summed E-state index contributed by atoms with van der Waals surface area (Å²) in [5.41, 5.74) is -28.5. The van der Waals surface area contributed by atoms with Crippen LogP contribution in [0.5, 0.6) is 11.5 Å². The summed E-state index contributed by atoms with van der Waals surface area (Å²) in [5.74, 6) is -9.86. The molecule has 0 radical (unpaired) electrons.